The van der Waals surface area contributed by atoms with Crippen LogP contribution in [0.2, 0.25) is 0 Å². The van der Waals surface area contributed by atoms with Gasteiger partial charge in [0.05, 0.1) is 12.7 Å². The number of hydrogen-bond donors (Lipinski definition) is 0. The molecule has 2 aromatic carbocycles. The second-order valence-corrected chi connectivity index (χ2v) is 7.57. The van der Waals surface area contributed by atoms with Gasteiger partial charge in [-0.3, -0.25) is 0 Å². The number of rotatable bonds is 7. The molecule has 0 aromatic heterocycles. The fraction of sp³-hybridized carbons (Fsp3) is 0.333. The Bertz CT molecular complexity index is 997. The first-order valence-electron chi connectivity index (χ1n) is 10.1. The second-order valence-electron chi connectivity index (χ2n) is 7.57. The average molecular weight is 432 g/mol. The Hall–Kier alpha value is -2.93. The molecule has 0 amide bonds. The Morgan fingerprint density at radius 2 is 1.77 bits per heavy atom. The van der Waals surface area contributed by atoms with Crippen molar-refractivity contribution in [2.24, 2.45) is 5.92 Å². The topological polar surface area (TPSA) is 36.9 Å². The van der Waals surface area contributed by atoms with E-state index in [1.54, 1.807) is 6.07 Å². The van der Waals surface area contributed by atoms with Crippen molar-refractivity contribution < 1.29 is 32.1 Å². The molecule has 2 aliphatic rings. The quantitative estimate of drug-likeness (QED) is 0.447. The van der Waals surface area contributed by atoms with E-state index in [4.69, 9.17) is 18.9 Å². The molecule has 164 valence electrons. The molecule has 1 fully saturated rings. The average Bonchev–Trinajstić information content (AvgIpc) is 2.79. The molecule has 2 atom stereocenters. The maximum atomic E-state index is 15.0. The summed E-state index contributed by atoms with van der Waals surface area (Å²) in [5.41, 5.74) is 0.867. The van der Waals surface area contributed by atoms with Gasteiger partial charge >= 0.3 is 0 Å². The fourth-order valence-corrected chi connectivity index (χ4v) is 3.70. The van der Waals surface area contributed by atoms with Crippen molar-refractivity contribution in [2.75, 3.05) is 19.8 Å². The van der Waals surface area contributed by atoms with Crippen molar-refractivity contribution in [3.8, 4) is 23.0 Å². The molecule has 2 aliphatic heterocycles. The minimum absolute atomic E-state index is 0.0246. The van der Waals surface area contributed by atoms with Gasteiger partial charge in [-0.05, 0) is 25.0 Å². The number of fused-ring (bicyclic) bond motifs is 2. The lowest BCUT2D eigenvalue weighted by molar-refractivity contribution is -0.0280. The Morgan fingerprint density at radius 1 is 0.968 bits per heavy atom. The van der Waals surface area contributed by atoms with Crippen LogP contribution in [-0.2, 0) is 11.2 Å². The lowest BCUT2D eigenvalue weighted by Gasteiger charge is -2.27. The van der Waals surface area contributed by atoms with Gasteiger partial charge in [0, 0.05) is 23.5 Å². The molecule has 0 aliphatic carbocycles. The van der Waals surface area contributed by atoms with Crippen LogP contribution in [0.5, 0.6) is 23.0 Å². The van der Waals surface area contributed by atoms with E-state index >= 15 is 4.39 Å². The zero-order valence-corrected chi connectivity index (χ0v) is 17.0. The van der Waals surface area contributed by atoms with Gasteiger partial charge in [-0.15, -0.1) is 6.58 Å². The summed E-state index contributed by atoms with van der Waals surface area (Å²) in [4.78, 5) is 0. The summed E-state index contributed by atoms with van der Waals surface area (Å²) in [5, 5.41) is 0. The van der Waals surface area contributed by atoms with Crippen LogP contribution in [0.15, 0.2) is 43.5 Å². The third kappa shape index (κ3) is 4.28. The van der Waals surface area contributed by atoms with Gasteiger partial charge in [0.25, 0.3) is 0 Å². The summed E-state index contributed by atoms with van der Waals surface area (Å²) in [7, 11) is 0. The van der Waals surface area contributed by atoms with E-state index in [1.807, 2.05) is 6.08 Å². The summed E-state index contributed by atoms with van der Waals surface area (Å²) in [5.74, 6) is -3.63. The van der Waals surface area contributed by atoms with Gasteiger partial charge in [0.2, 0.25) is 17.5 Å². The molecular weight excluding hydrogens is 409 g/mol. The molecule has 0 N–H and O–H groups in total. The molecule has 0 radical (unpaired) electrons. The standard InChI is InChI=1S/C24H23F3O4/c1-3-9-28-19-11-16-10-15-6-8-18(30-13-17-7-5-14(4-2)12-29-17)21(26)23(15)31-24(16)22(27)20(19)25/h3-4,6,8,11,14,17H,1-2,5,7,9-10,12-13H2. The third-order valence-electron chi connectivity index (χ3n) is 5.45. The van der Waals surface area contributed by atoms with E-state index < -0.39 is 17.5 Å². The minimum atomic E-state index is -1.22. The van der Waals surface area contributed by atoms with Crippen LogP contribution in [0.4, 0.5) is 13.2 Å². The highest BCUT2D eigenvalue weighted by atomic mass is 19.2. The first-order valence-corrected chi connectivity index (χ1v) is 10.1. The maximum Gasteiger partial charge on any atom is 0.207 e. The zero-order valence-electron chi connectivity index (χ0n) is 17.0. The highest BCUT2D eigenvalue weighted by molar-refractivity contribution is 5.55. The Morgan fingerprint density at radius 3 is 2.48 bits per heavy atom. The Balaban J connectivity index is 1.51. The van der Waals surface area contributed by atoms with E-state index in [-0.39, 0.29) is 48.7 Å². The van der Waals surface area contributed by atoms with Gasteiger partial charge in [-0.1, -0.05) is 24.8 Å². The molecule has 0 saturated carbocycles. The van der Waals surface area contributed by atoms with E-state index in [1.165, 1.54) is 18.2 Å². The van der Waals surface area contributed by atoms with Gasteiger partial charge in [0.1, 0.15) is 13.2 Å². The number of halogens is 3. The van der Waals surface area contributed by atoms with Crippen LogP contribution in [-0.4, -0.2) is 25.9 Å². The first-order chi connectivity index (χ1) is 15.0. The van der Waals surface area contributed by atoms with Crippen molar-refractivity contribution >= 4 is 0 Å². The van der Waals surface area contributed by atoms with E-state index in [0.717, 1.165) is 12.8 Å². The molecule has 0 bridgehead atoms. The van der Waals surface area contributed by atoms with Crippen molar-refractivity contribution in [3.63, 3.8) is 0 Å². The van der Waals surface area contributed by atoms with Crippen LogP contribution in [0, 0.1) is 23.4 Å². The van der Waals surface area contributed by atoms with Crippen LogP contribution >= 0.6 is 0 Å². The molecule has 4 nitrogen and oxygen atoms in total. The van der Waals surface area contributed by atoms with Gasteiger partial charge in [-0.25, -0.2) is 0 Å². The van der Waals surface area contributed by atoms with Crippen LogP contribution in [0.25, 0.3) is 0 Å². The summed E-state index contributed by atoms with van der Waals surface area (Å²) >= 11 is 0. The predicted octanol–water partition coefficient (Wildman–Crippen LogP) is 5.73. The van der Waals surface area contributed by atoms with Crippen molar-refractivity contribution in [1.82, 2.24) is 0 Å². The highest BCUT2D eigenvalue weighted by Gasteiger charge is 2.29. The predicted molar refractivity (Wildman–Crippen MR) is 109 cm³/mol. The lowest BCUT2D eigenvalue weighted by Crippen LogP contribution is -2.30. The zero-order chi connectivity index (χ0) is 22.0. The molecule has 7 heteroatoms. The van der Waals surface area contributed by atoms with E-state index in [0.29, 0.717) is 23.7 Å². The van der Waals surface area contributed by atoms with Crippen molar-refractivity contribution in [2.45, 2.75) is 25.4 Å². The molecule has 2 aromatic rings. The summed E-state index contributed by atoms with van der Waals surface area (Å²) in [6, 6.07) is 4.52. The van der Waals surface area contributed by atoms with Crippen molar-refractivity contribution in [3.05, 3.63) is 72.1 Å². The van der Waals surface area contributed by atoms with E-state index in [2.05, 4.69) is 13.2 Å². The molecule has 2 unspecified atom stereocenters. The highest BCUT2D eigenvalue weighted by Crippen LogP contribution is 2.44. The monoisotopic (exact) mass is 432 g/mol. The number of benzene rings is 2. The summed E-state index contributed by atoms with van der Waals surface area (Å²) < 4.78 is 65.8. The van der Waals surface area contributed by atoms with Crippen LogP contribution < -0.4 is 14.2 Å². The van der Waals surface area contributed by atoms with E-state index in [9.17, 15) is 8.78 Å². The molecule has 1 saturated heterocycles. The SMILES string of the molecule is C=CCOc1cc2c(c(F)c1F)Oc1c(ccc(OCC3CCC(C=C)CO3)c1F)C2. The molecule has 4 rings (SSSR count). The summed E-state index contributed by atoms with van der Waals surface area (Å²) in [6.45, 7) is 8.02. The number of ether oxygens (including phenoxy) is 4. The lowest BCUT2D eigenvalue weighted by atomic mass is 9.98. The van der Waals surface area contributed by atoms with Gasteiger partial charge in [-0.2, -0.15) is 13.2 Å². The largest absolute Gasteiger partial charge is 0.488 e. The maximum absolute atomic E-state index is 15.0. The van der Waals surface area contributed by atoms with Gasteiger partial charge in [0.15, 0.2) is 23.0 Å². The van der Waals surface area contributed by atoms with Gasteiger partial charge < -0.3 is 18.9 Å². The van der Waals surface area contributed by atoms with Crippen LogP contribution in [0.1, 0.15) is 24.0 Å². The smallest absolute Gasteiger partial charge is 0.207 e. The molecule has 31 heavy (non-hydrogen) atoms. The first kappa shape index (κ1) is 21.3. The fourth-order valence-electron chi connectivity index (χ4n) is 3.70. The minimum Gasteiger partial charge on any atom is -0.488 e. The Kier molecular flexibility index (Phi) is 6.23. The second kappa shape index (κ2) is 9.06. The normalized spacial score (nSPS) is 19.6. The van der Waals surface area contributed by atoms with Crippen LogP contribution in [0.3, 0.4) is 0 Å². The third-order valence-corrected chi connectivity index (χ3v) is 5.45. The molecule has 0 spiro atoms. The Labute approximate surface area is 178 Å². The summed E-state index contributed by atoms with van der Waals surface area (Å²) in [6.07, 6.45) is 5.04. The molecule has 2 heterocycles. The molecular formula is C24H23F3O4. The van der Waals surface area contributed by atoms with Crippen molar-refractivity contribution in [1.29, 1.82) is 0 Å². The number of hydrogen-bond acceptors (Lipinski definition) is 4.